The Morgan fingerprint density at radius 3 is 2.82 bits per heavy atom. The molecule has 0 saturated heterocycles. The van der Waals surface area contributed by atoms with Gasteiger partial charge in [0.15, 0.2) is 0 Å². The topological polar surface area (TPSA) is 24.9 Å². The van der Waals surface area contributed by atoms with Gasteiger partial charge in [-0.05, 0) is 36.8 Å². The van der Waals surface area contributed by atoms with E-state index in [4.69, 9.17) is 0 Å². The molecule has 1 unspecified atom stereocenters. The maximum atomic E-state index is 13.6. The minimum absolute atomic E-state index is 0.0133. The van der Waals surface area contributed by atoms with E-state index in [9.17, 15) is 4.39 Å². The average Bonchev–Trinajstić information content (AvgIpc) is 2.34. The second-order valence-corrected chi connectivity index (χ2v) is 4.69. The summed E-state index contributed by atoms with van der Waals surface area (Å²) in [6.45, 7) is 1.97. The standard InChI is InChI=1S/C13H12BrFN2/c1-9(10-3-2-6-16-8-10)17-13-5-4-11(14)7-12(13)15/h2-9,17H,1H3. The highest BCUT2D eigenvalue weighted by Gasteiger charge is 2.08. The molecule has 0 bridgehead atoms. The van der Waals surface area contributed by atoms with E-state index in [2.05, 4.69) is 26.2 Å². The number of pyridine rings is 1. The Morgan fingerprint density at radius 2 is 2.18 bits per heavy atom. The van der Waals surface area contributed by atoms with Crippen molar-refractivity contribution in [3.8, 4) is 0 Å². The molecule has 0 aliphatic carbocycles. The predicted octanol–water partition coefficient (Wildman–Crippen LogP) is 4.16. The van der Waals surface area contributed by atoms with Gasteiger partial charge >= 0.3 is 0 Å². The lowest BCUT2D eigenvalue weighted by molar-refractivity contribution is 0.626. The van der Waals surface area contributed by atoms with Gasteiger partial charge in [-0.25, -0.2) is 4.39 Å². The van der Waals surface area contributed by atoms with E-state index in [1.165, 1.54) is 6.07 Å². The lowest BCUT2D eigenvalue weighted by atomic mass is 10.1. The normalized spacial score (nSPS) is 12.2. The van der Waals surface area contributed by atoms with E-state index < -0.39 is 0 Å². The Kier molecular flexibility index (Phi) is 3.74. The van der Waals surface area contributed by atoms with Crippen LogP contribution in [0.15, 0.2) is 47.2 Å². The molecule has 1 atom stereocenters. The third kappa shape index (κ3) is 3.03. The fraction of sp³-hybridized carbons (Fsp3) is 0.154. The van der Waals surface area contributed by atoms with Gasteiger partial charge in [0.25, 0.3) is 0 Å². The highest BCUT2D eigenvalue weighted by Crippen LogP contribution is 2.23. The van der Waals surface area contributed by atoms with Crippen molar-refractivity contribution in [1.82, 2.24) is 4.98 Å². The Hall–Kier alpha value is -1.42. The summed E-state index contributed by atoms with van der Waals surface area (Å²) < 4.78 is 14.3. The van der Waals surface area contributed by atoms with Crippen LogP contribution in [0.2, 0.25) is 0 Å². The van der Waals surface area contributed by atoms with Crippen LogP contribution in [0.3, 0.4) is 0 Å². The van der Waals surface area contributed by atoms with Gasteiger partial charge in [-0.3, -0.25) is 4.98 Å². The van der Waals surface area contributed by atoms with E-state index in [1.807, 2.05) is 19.1 Å². The molecule has 0 aliphatic heterocycles. The van der Waals surface area contributed by atoms with E-state index in [0.29, 0.717) is 5.69 Å². The van der Waals surface area contributed by atoms with Crippen LogP contribution in [-0.2, 0) is 0 Å². The summed E-state index contributed by atoms with van der Waals surface area (Å²) in [5.41, 5.74) is 1.51. The van der Waals surface area contributed by atoms with Crippen molar-refractivity contribution >= 4 is 21.6 Å². The van der Waals surface area contributed by atoms with Crippen LogP contribution in [0, 0.1) is 5.82 Å². The molecular formula is C13H12BrFN2. The number of nitrogens with zero attached hydrogens (tertiary/aromatic N) is 1. The first-order chi connectivity index (χ1) is 8.16. The Balaban J connectivity index is 2.16. The molecule has 0 spiro atoms. The quantitative estimate of drug-likeness (QED) is 0.919. The number of rotatable bonds is 3. The van der Waals surface area contributed by atoms with Gasteiger partial charge in [0, 0.05) is 16.9 Å². The van der Waals surface area contributed by atoms with Crippen LogP contribution in [0.1, 0.15) is 18.5 Å². The fourth-order valence-electron chi connectivity index (χ4n) is 1.56. The number of anilines is 1. The summed E-state index contributed by atoms with van der Waals surface area (Å²) in [6, 6.07) is 8.80. The van der Waals surface area contributed by atoms with Crippen molar-refractivity contribution in [3.05, 3.63) is 58.6 Å². The van der Waals surface area contributed by atoms with Gasteiger partial charge < -0.3 is 5.32 Å². The zero-order valence-electron chi connectivity index (χ0n) is 9.32. The Morgan fingerprint density at radius 1 is 1.35 bits per heavy atom. The van der Waals surface area contributed by atoms with E-state index in [-0.39, 0.29) is 11.9 Å². The molecule has 1 heterocycles. The molecule has 0 fully saturated rings. The molecule has 2 aromatic rings. The molecule has 0 aliphatic rings. The van der Waals surface area contributed by atoms with Crippen LogP contribution < -0.4 is 5.32 Å². The van der Waals surface area contributed by atoms with Crippen LogP contribution in [0.4, 0.5) is 10.1 Å². The average molecular weight is 295 g/mol. The number of halogens is 2. The van der Waals surface area contributed by atoms with Crippen molar-refractivity contribution in [2.24, 2.45) is 0 Å². The van der Waals surface area contributed by atoms with E-state index in [1.54, 1.807) is 24.5 Å². The smallest absolute Gasteiger partial charge is 0.147 e. The van der Waals surface area contributed by atoms with Crippen LogP contribution in [-0.4, -0.2) is 4.98 Å². The van der Waals surface area contributed by atoms with Crippen molar-refractivity contribution < 1.29 is 4.39 Å². The summed E-state index contributed by atoms with van der Waals surface area (Å²) in [7, 11) is 0. The molecule has 1 N–H and O–H groups in total. The largest absolute Gasteiger partial charge is 0.376 e. The van der Waals surface area contributed by atoms with Crippen LogP contribution in [0.5, 0.6) is 0 Å². The zero-order valence-corrected chi connectivity index (χ0v) is 10.9. The molecule has 2 nitrogen and oxygen atoms in total. The predicted molar refractivity (Wildman–Crippen MR) is 70.4 cm³/mol. The molecule has 88 valence electrons. The molecule has 4 heteroatoms. The Labute approximate surface area is 108 Å². The zero-order chi connectivity index (χ0) is 12.3. The minimum Gasteiger partial charge on any atom is -0.376 e. The molecule has 17 heavy (non-hydrogen) atoms. The summed E-state index contributed by atoms with van der Waals surface area (Å²) in [5.74, 6) is -0.268. The van der Waals surface area contributed by atoms with Gasteiger partial charge in [0.2, 0.25) is 0 Å². The summed E-state index contributed by atoms with van der Waals surface area (Å²) in [4.78, 5) is 4.04. The Bertz CT molecular complexity index is 502. The van der Waals surface area contributed by atoms with Gasteiger partial charge in [-0.2, -0.15) is 0 Å². The molecule has 2 rings (SSSR count). The summed E-state index contributed by atoms with van der Waals surface area (Å²) in [5, 5.41) is 3.12. The molecule has 1 aromatic heterocycles. The third-order valence-corrected chi connectivity index (χ3v) is 2.98. The van der Waals surface area contributed by atoms with Crippen LogP contribution >= 0.6 is 15.9 Å². The van der Waals surface area contributed by atoms with Gasteiger partial charge in [-0.15, -0.1) is 0 Å². The van der Waals surface area contributed by atoms with Gasteiger partial charge in [0.05, 0.1) is 11.7 Å². The van der Waals surface area contributed by atoms with Crippen LogP contribution in [0.25, 0.3) is 0 Å². The van der Waals surface area contributed by atoms with E-state index in [0.717, 1.165) is 10.0 Å². The molecule has 0 radical (unpaired) electrons. The number of benzene rings is 1. The highest BCUT2D eigenvalue weighted by atomic mass is 79.9. The van der Waals surface area contributed by atoms with Crippen molar-refractivity contribution in [3.63, 3.8) is 0 Å². The number of nitrogens with one attached hydrogen (secondary N) is 1. The maximum Gasteiger partial charge on any atom is 0.147 e. The lowest BCUT2D eigenvalue weighted by Crippen LogP contribution is -2.08. The SMILES string of the molecule is CC(Nc1ccc(Br)cc1F)c1cccnc1. The maximum absolute atomic E-state index is 13.6. The van der Waals surface area contributed by atoms with E-state index >= 15 is 0 Å². The summed E-state index contributed by atoms with van der Waals surface area (Å²) >= 11 is 3.23. The van der Waals surface area contributed by atoms with Crippen molar-refractivity contribution in [2.75, 3.05) is 5.32 Å². The summed E-state index contributed by atoms with van der Waals surface area (Å²) in [6.07, 6.45) is 3.49. The number of hydrogen-bond donors (Lipinski definition) is 1. The first kappa shape index (κ1) is 12.0. The second kappa shape index (κ2) is 5.27. The lowest BCUT2D eigenvalue weighted by Gasteiger charge is -2.15. The minimum atomic E-state index is -0.268. The monoisotopic (exact) mass is 294 g/mol. The molecule has 0 amide bonds. The van der Waals surface area contributed by atoms with Gasteiger partial charge in [-0.1, -0.05) is 22.0 Å². The second-order valence-electron chi connectivity index (χ2n) is 3.78. The highest BCUT2D eigenvalue weighted by molar-refractivity contribution is 9.10. The third-order valence-electron chi connectivity index (χ3n) is 2.49. The molecule has 1 aromatic carbocycles. The molecule has 0 saturated carbocycles. The first-order valence-electron chi connectivity index (χ1n) is 5.28. The number of hydrogen-bond acceptors (Lipinski definition) is 2. The van der Waals surface area contributed by atoms with Gasteiger partial charge in [0.1, 0.15) is 5.82 Å². The number of aromatic nitrogens is 1. The van der Waals surface area contributed by atoms with Crippen molar-refractivity contribution in [2.45, 2.75) is 13.0 Å². The van der Waals surface area contributed by atoms with Crippen molar-refractivity contribution in [1.29, 1.82) is 0 Å². The fourth-order valence-corrected chi connectivity index (χ4v) is 1.89. The molecular weight excluding hydrogens is 283 g/mol. The first-order valence-corrected chi connectivity index (χ1v) is 6.07.